The largest absolute Gasteiger partial charge is 0.396 e. The Morgan fingerprint density at radius 3 is 2.56 bits per heavy atom. The Morgan fingerprint density at radius 1 is 1.32 bits per heavy atom. The molecule has 1 heterocycles. The van der Waals surface area contributed by atoms with Crippen molar-refractivity contribution >= 4 is 29.1 Å². The highest BCUT2D eigenvalue weighted by Crippen LogP contribution is 2.28. The van der Waals surface area contributed by atoms with Gasteiger partial charge in [-0.2, -0.15) is 0 Å². The molecule has 0 aromatic heterocycles. The van der Waals surface area contributed by atoms with Crippen molar-refractivity contribution in [2.45, 2.75) is 6.42 Å². The van der Waals surface area contributed by atoms with Crippen LogP contribution in [0.3, 0.4) is 0 Å². The van der Waals surface area contributed by atoms with Crippen molar-refractivity contribution in [3.05, 3.63) is 33.8 Å². The fraction of sp³-hybridized carbons (Fsp3) is 0.611. The molecule has 25 heavy (non-hydrogen) atoms. The van der Waals surface area contributed by atoms with Gasteiger partial charge >= 0.3 is 0 Å². The molecule has 1 fully saturated rings. The monoisotopic (exact) mass is 388 g/mol. The van der Waals surface area contributed by atoms with E-state index >= 15 is 0 Å². The van der Waals surface area contributed by atoms with Gasteiger partial charge in [0, 0.05) is 55.9 Å². The van der Waals surface area contributed by atoms with Gasteiger partial charge in [0.25, 0.3) is 0 Å². The molecular weight excluding hydrogens is 363 g/mol. The zero-order chi connectivity index (χ0) is 18.4. The van der Waals surface area contributed by atoms with Crippen LogP contribution in [0.15, 0.2) is 18.2 Å². The van der Waals surface area contributed by atoms with Gasteiger partial charge in [-0.15, -0.1) is 0 Å². The van der Waals surface area contributed by atoms with E-state index in [-0.39, 0.29) is 30.8 Å². The first-order valence-electron chi connectivity index (χ1n) is 8.45. The van der Waals surface area contributed by atoms with Crippen LogP contribution in [0.25, 0.3) is 0 Å². The maximum absolute atomic E-state index is 12.7. The molecule has 0 unspecified atom stereocenters. The Labute approximate surface area is 159 Å². The van der Waals surface area contributed by atoms with Crippen molar-refractivity contribution in [2.24, 2.45) is 11.8 Å². The number of hydrogen-bond acceptors (Lipinski definition) is 4. The molecule has 2 rings (SSSR count). The van der Waals surface area contributed by atoms with Gasteiger partial charge in [-0.1, -0.05) is 29.3 Å². The van der Waals surface area contributed by atoms with Crippen LogP contribution in [-0.4, -0.2) is 74.4 Å². The molecule has 0 aliphatic carbocycles. The molecule has 1 aromatic rings. The summed E-state index contributed by atoms with van der Waals surface area (Å²) in [5.41, 5.74) is 0.664. The molecule has 0 bridgehead atoms. The van der Waals surface area contributed by atoms with Crippen LogP contribution >= 0.6 is 23.2 Å². The van der Waals surface area contributed by atoms with Crippen molar-refractivity contribution in [3.8, 4) is 0 Å². The summed E-state index contributed by atoms with van der Waals surface area (Å²) in [6, 6.07) is 5.25. The third-order valence-corrected chi connectivity index (χ3v) is 5.48. The van der Waals surface area contributed by atoms with Crippen LogP contribution in [0.1, 0.15) is 5.56 Å². The number of rotatable bonds is 8. The van der Waals surface area contributed by atoms with Gasteiger partial charge in [0.05, 0.1) is 13.0 Å². The number of nitrogens with zero attached hydrogens (tertiary/aromatic N) is 2. The fourth-order valence-electron chi connectivity index (χ4n) is 3.26. The van der Waals surface area contributed by atoms with Gasteiger partial charge in [0.1, 0.15) is 0 Å². The number of benzene rings is 1. The predicted octanol–water partition coefficient (Wildman–Crippen LogP) is 2.18. The minimum absolute atomic E-state index is 0.00417. The molecule has 5 nitrogen and oxygen atoms in total. The van der Waals surface area contributed by atoms with Gasteiger partial charge in [0.15, 0.2) is 0 Å². The molecule has 0 spiro atoms. The second kappa shape index (κ2) is 9.74. The van der Waals surface area contributed by atoms with Crippen molar-refractivity contribution in [1.29, 1.82) is 0 Å². The molecule has 1 aliphatic rings. The highest BCUT2D eigenvalue weighted by atomic mass is 35.5. The number of carbonyl (C=O) groups is 1. The van der Waals surface area contributed by atoms with E-state index in [4.69, 9.17) is 27.9 Å². The van der Waals surface area contributed by atoms with E-state index in [1.54, 1.807) is 25.3 Å². The number of hydrogen-bond donors (Lipinski definition) is 1. The Balaban J connectivity index is 1.97. The Hall–Kier alpha value is -0.850. The number of ether oxygens (including phenoxy) is 1. The zero-order valence-electron chi connectivity index (χ0n) is 14.8. The van der Waals surface area contributed by atoms with E-state index < -0.39 is 0 Å². The van der Waals surface area contributed by atoms with Crippen LogP contribution in [-0.2, 0) is 16.0 Å². The van der Waals surface area contributed by atoms with Gasteiger partial charge in [-0.05, 0) is 30.7 Å². The standard InChI is InChI=1S/C18H26Cl2N2O3/c1-21(6-7-25-2)9-13-10-22(11-14(13)12-23)18(24)8-15-16(19)4-3-5-17(15)20/h3-5,13-14,23H,6-12H2,1-2H3/t13-,14-/m1/s1. The number of methoxy groups -OCH3 is 1. The number of halogens is 2. The summed E-state index contributed by atoms with van der Waals surface area (Å²) in [5.74, 6) is 0.337. The molecule has 1 amide bonds. The second-order valence-electron chi connectivity index (χ2n) is 6.63. The number of aliphatic hydroxyl groups is 1. The quantitative estimate of drug-likeness (QED) is 0.741. The van der Waals surface area contributed by atoms with E-state index in [0.717, 1.165) is 13.1 Å². The maximum Gasteiger partial charge on any atom is 0.227 e. The molecule has 1 aliphatic heterocycles. The van der Waals surface area contributed by atoms with Crippen LogP contribution in [0.2, 0.25) is 10.0 Å². The molecule has 1 saturated heterocycles. The predicted molar refractivity (Wildman–Crippen MR) is 100 cm³/mol. The van der Waals surface area contributed by atoms with Crippen LogP contribution in [0, 0.1) is 11.8 Å². The number of likely N-dealkylation sites (tertiary alicyclic amines) is 1. The van der Waals surface area contributed by atoms with E-state index in [1.165, 1.54) is 0 Å². The van der Waals surface area contributed by atoms with E-state index in [2.05, 4.69) is 4.90 Å². The molecule has 7 heteroatoms. The molecule has 0 saturated carbocycles. The van der Waals surface area contributed by atoms with Gasteiger partial charge < -0.3 is 19.6 Å². The summed E-state index contributed by atoms with van der Waals surface area (Å²) in [7, 11) is 3.71. The lowest BCUT2D eigenvalue weighted by Crippen LogP contribution is -2.34. The lowest BCUT2D eigenvalue weighted by molar-refractivity contribution is -0.129. The smallest absolute Gasteiger partial charge is 0.227 e. The minimum Gasteiger partial charge on any atom is -0.396 e. The fourth-order valence-corrected chi connectivity index (χ4v) is 3.79. The average molecular weight is 389 g/mol. The lowest BCUT2D eigenvalue weighted by Gasteiger charge is -2.23. The molecule has 140 valence electrons. The van der Waals surface area contributed by atoms with E-state index in [9.17, 15) is 9.90 Å². The molecule has 1 aromatic carbocycles. The van der Waals surface area contributed by atoms with E-state index in [1.807, 2.05) is 11.9 Å². The maximum atomic E-state index is 12.7. The number of amides is 1. The molecular formula is C18H26Cl2N2O3. The first-order chi connectivity index (χ1) is 12.0. The molecule has 2 atom stereocenters. The Kier molecular flexibility index (Phi) is 7.97. The number of carbonyl (C=O) groups excluding carboxylic acids is 1. The number of aliphatic hydroxyl groups excluding tert-OH is 1. The molecule has 1 N–H and O–H groups in total. The minimum atomic E-state index is -0.00417. The van der Waals surface area contributed by atoms with Crippen molar-refractivity contribution in [3.63, 3.8) is 0 Å². The van der Waals surface area contributed by atoms with Crippen molar-refractivity contribution in [2.75, 3.05) is 53.6 Å². The third-order valence-electron chi connectivity index (χ3n) is 4.78. The van der Waals surface area contributed by atoms with Crippen LogP contribution in [0.4, 0.5) is 0 Å². The number of likely N-dealkylation sites (N-methyl/N-ethyl adjacent to an activating group) is 1. The van der Waals surface area contributed by atoms with E-state index in [0.29, 0.717) is 35.3 Å². The van der Waals surface area contributed by atoms with Crippen LogP contribution < -0.4 is 0 Å². The zero-order valence-corrected chi connectivity index (χ0v) is 16.3. The summed E-state index contributed by atoms with van der Waals surface area (Å²) in [5, 5.41) is 10.7. The highest BCUT2D eigenvalue weighted by Gasteiger charge is 2.35. The summed E-state index contributed by atoms with van der Waals surface area (Å²) < 4.78 is 5.10. The summed E-state index contributed by atoms with van der Waals surface area (Å²) in [4.78, 5) is 16.7. The highest BCUT2D eigenvalue weighted by molar-refractivity contribution is 6.36. The third kappa shape index (κ3) is 5.56. The summed E-state index contributed by atoms with van der Waals surface area (Å²) in [6.07, 6.45) is 0.183. The summed E-state index contributed by atoms with van der Waals surface area (Å²) >= 11 is 12.3. The normalized spacial score (nSPS) is 20.5. The molecule has 0 radical (unpaired) electrons. The second-order valence-corrected chi connectivity index (χ2v) is 7.45. The lowest BCUT2D eigenvalue weighted by atomic mass is 9.96. The topological polar surface area (TPSA) is 53.0 Å². The van der Waals surface area contributed by atoms with Crippen molar-refractivity contribution in [1.82, 2.24) is 9.80 Å². The van der Waals surface area contributed by atoms with Crippen LogP contribution in [0.5, 0.6) is 0 Å². The first kappa shape index (κ1) is 20.5. The van der Waals surface area contributed by atoms with Crippen molar-refractivity contribution < 1.29 is 14.6 Å². The average Bonchev–Trinajstić information content (AvgIpc) is 2.99. The Morgan fingerprint density at radius 2 is 1.96 bits per heavy atom. The summed E-state index contributed by atoms with van der Waals surface area (Å²) in [6.45, 7) is 3.61. The van der Waals surface area contributed by atoms with Gasteiger partial charge in [-0.3, -0.25) is 4.79 Å². The first-order valence-corrected chi connectivity index (χ1v) is 9.20. The SMILES string of the molecule is COCCN(C)C[C@@H]1CN(C(=O)Cc2c(Cl)cccc2Cl)C[C@@H]1CO. The van der Waals surface area contributed by atoms with Gasteiger partial charge in [0.2, 0.25) is 5.91 Å². The van der Waals surface area contributed by atoms with Gasteiger partial charge in [-0.25, -0.2) is 0 Å². The Bertz CT molecular complexity index is 565.